The monoisotopic (exact) mass is 282 g/mol. The Morgan fingerprint density at radius 1 is 1.39 bits per heavy atom. The zero-order valence-electron chi connectivity index (χ0n) is 9.05. The van der Waals surface area contributed by atoms with E-state index in [1.54, 1.807) is 0 Å². The number of thioether (sulfide) groups is 1. The van der Waals surface area contributed by atoms with Crippen LogP contribution in [0.2, 0.25) is 0 Å². The van der Waals surface area contributed by atoms with Crippen molar-refractivity contribution in [2.45, 2.75) is 5.51 Å². The Bertz CT molecular complexity index is 436. The van der Waals surface area contributed by atoms with Gasteiger partial charge in [0.25, 0.3) is 5.91 Å². The number of benzene rings is 1. The molecule has 0 aliphatic carbocycles. The minimum Gasteiger partial charge on any atom is -0.396 e. The Labute approximate surface area is 105 Å². The average Bonchev–Trinajstić information content (AvgIpc) is 2.26. The number of nitrogens with two attached hydrogens (primary N) is 1. The summed E-state index contributed by atoms with van der Waals surface area (Å²) >= 11 is -0.232. The standard InChI is InChI=1S/C10H10F4N2OS/c11-7-5-6(1-2-8(7)15)9(17)16-3-4-18-10(12,13)14/h1-2,5H,3-4,15H2,(H,16,17). The second-order valence-electron chi connectivity index (χ2n) is 3.29. The molecule has 0 aliphatic rings. The lowest BCUT2D eigenvalue weighted by atomic mass is 10.2. The van der Waals surface area contributed by atoms with E-state index in [1.807, 2.05) is 0 Å². The van der Waals surface area contributed by atoms with Crippen LogP contribution in [0.5, 0.6) is 0 Å². The Morgan fingerprint density at radius 3 is 2.61 bits per heavy atom. The molecule has 0 aliphatic heterocycles. The summed E-state index contributed by atoms with van der Waals surface area (Å²) in [6, 6.07) is 3.45. The largest absolute Gasteiger partial charge is 0.441 e. The van der Waals surface area contributed by atoms with Gasteiger partial charge in [-0.05, 0) is 30.0 Å². The lowest BCUT2D eigenvalue weighted by molar-refractivity contribution is -0.0327. The van der Waals surface area contributed by atoms with Gasteiger partial charge < -0.3 is 11.1 Å². The van der Waals surface area contributed by atoms with Crippen molar-refractivity contribution in [2.24, 2.45) is 0 Å². The number of alkyl halides is 3. The molecule has 1 rings (SSSR count). The van der Waals surface area contributed by atoms with E-state index in [2.05, 4.69) is 5.32 Å². The van der Waals surface area contributed by atoms with Crippen LogP contribution in [-0.2, 0) is 0 Å². The normalized spacial score (nSPS) is 11.3. The first-order valence-corrected chi connectivity index (χ1v) is 5.82. The molecule has 0 saturated carbocycles. The number of carbonyl (C=O) groups excluding carboxylic acids is 1. The summed E-state index contributed by atoms with van der Waals surface area (Å²) in [7, 11) is 0. The van der Waals surface area contributed by atoms with Crippen molar-refractivity contribution in [1.29, 1.82) is 0 Å². The number of rotatable bonds is 4. The van der Waals surface area contributed by atoms with Crippen LogP contribution in [0, 0.1) is 5.82 Å². The third-order valence-corrected chi connectivity index (χ3v) is 2.65. The number of hydrogen-bond donors (Lipinski definition) is 2. The Hall–Kier alpha value is -1.44. The van der Waals surface area contributed by atoms with Crippen molar-refractivity contribution < 1.29 is 22.4 Å². The molecule has 0 saturated heterocycles. The van der Waals surface area contributed by atoms with Gasteiger partial charge in [0.15, 0.2) is 0 Å². The first-order chi connectivity index (χ1) is 8.29. The smallest absolute Gasteiger partial charge is 0.396 e. The van der Waals surface area contributed by atoms with Crippen LogP contribution in [0.15, 0.2) is 18.2 Å². The first kappa shape index (κ1) is 14.6. The molecule has 8 heteroatoms. The molecule has 18 heavy (non-hydrogen) atoms. The summed E-state index contributed by atoms with van der Waals surface area (Å²) in [6.07, 6.45) is 0. The fraction of sp³-hybridized carbons (Fsp3) is 0.300. The number of halogens is 4. The van der Waals surface area contributed by atoms with Crippen LogP contribution >= 0.6 is 11.8 Å². The minimum atomic E-state index is -4.32. The topological polar surface area (TPSA) is 55.1 Å². The van der Waals surface area contributed by atoms with Crippen LogP contribution in [0.4, 0.5) is 23.2 Å². The molecule has 0 unspecified atom stereocenters. The van der Waals surface area contributed by atoms with Gasteiger partial charge in [-0.15, -0.1) is 0 Å². The van der Waals surface area contributed by atoms with Crippen LogP contribution in [-0.4, -0.2) is 23.7 Å². The third kappa shape index (κ3) is 4.82. The molecule has 1 amide bonds. The van der Waals surface area contributed by atoms with Gasteiger partial charge in [-0.3, -0.25) is 4.79 Å². The molecule has 0 aromatic heterocycles. The highest BCUT2D eigenvalue weighted by Gasteiger charge is 2.27. The lowest BCUT2D eigenvalue weighted by Crippen LogP contribution is -2.26. The maximum absolute atomic E-state index is 13.0. The number of amides is 1. The molecule has 3 N–H and O–H groups in total. The van der Waals surface area contributed by atoms with Gasteiger partial charge in [-0.1, -0.05) is 0 Å². The summed E-state index contributed by atoms with van der Waals surface area (Å²) in [5, 5.41) is 2.25. The highest BCUT2D eigenvalue weighted by atomic mass is 32.2. The minimum absolute atomic E-state index is 0.0127. The van der Waals surface area contributed by atoms with Gasteiger partial charge in [0.1, 0.15) is 5.82 Å². The Balaban J connectivity index is 2.43. The van der Waals surface area contributed by atoms with E-state index in [-0.39, 0.29) is 35.3 Å². The van der Waals surface area contributed by atoms with Crippen molar-refractivity contribution in [2.75, 3.05) is 18.0 Å². The van der Waals surface area contributed by atoms with Crippen molar-refractivity contribution in [3.63, 3.8) is 0 Å². The zero-order chi connectivity index (χ0) is 13.8. The number of carbonyl (C=O) groups is 1. The first-order valence-electron chi connectivity index (χ1n) is 4.83. The second-order valence-corrected chi connectivity index (χ2v) is 4.45. The summed E-state index contributed by atoms with van der Waals surface area (Å²) in [5.74, 6) is -1.68. The van der Waals surface area contributed by atoms with Crippen LogP contribution in [0.25, 0.3) is 0 Å². The summed E-state index contributed by atoms with van der Waals surface area (Å²) in [5.41, 5.74) is 0.817. The second kappa shape index (κ2) is 5.94. The summed E-state index contributed by atoms with van der Waals surface area (Å²) in [4.78, 5) is 11.4. The molecular formula is C10H10F4N2OS. The molecule has 0 bridgehead atoms. The van der Waals surface area contributed by atoms with E-state index in [1.165, 1.54) is 12.1 Å². The Kier molecular flexibility index (Phi) is 4.83. The predicted octanol–water partition coefficient (Wildman–Crippen LogP) is 2.39. The average molecular weight is 282 g/mol. The maximum Gasteiger partial charge on any atom is 0.441 e. The highest BCUT2D eigenvalue weighted by Crippen LogP contribution is 2.29. The fourth-order valence-electron chi connectivity index (χ4n) is 1.10. The molecule has 0 atom stereocenters. The lowest BCUT2D eigenvalue weighted by Gasteiger charge is -2.07. The van der Waals surface area contributed by atoms with E-state index in [9.17, 15) is 22.4 Å². The molecular weight excluding hydrogens is 272 g/mol. The fourth-order valence-corrected chi connectivity index (χ4v) is 1.54. The summed E-state index contributed by atoms with van der Waals surface area (Å²) < 4.78 is 48.4. The molecule has 3 nitrogen and oxygen atoms in total. The van der Waals surface area contributed by atoms with Gasteiger partial charge in [-0.25, -0.2) is 4.39 Å². The number of anilines is 1. The van der Waals surface area contributed by atoms with Gasteiger partial charge in [0.2, 0.25) is 0 Å². The maximum atomic E-state index is 13.0. The van der Waals surface area contributed by atoms with E-state index in [0.717, 1.165) is 6.07 Å². The van der Waals surface area contributed by atoms with Crippen LogP contribution < -0.4 is 11.1 Å². The van der Waals surface area contributed by atoms with Gasteiger partial charge in [0, 0.05) is 17.9 Å². The SMILES string of the molecule is Nc1ccc(C(=O)NCCSC(F)(F)F)cc1F. The summed E-state index contributed by atoms with van der Waals surface area (Å²) in [6.45, 7) is -0.158. The molecule has 0 radical (unpaired) electrons. The molecule has 0 spiro atoms. The third-order valence-electron chi connectivity index (χ3n) is 1.92. The van der Waals surface area contributed by atoms with Gasteiger partial charge in [-0.2, -0.15) is 13.2 Å². The van der Waals surface area contributed by atoms with Crippen molar-refractivity contribution in [3.05, 3.63) is 29.6 Å². The number of nitrogen functional groups attached to an aromatic ring is 1. The predicted molar refractivity (Wildman–Crippen MR) is 61.7 cm³/mol. The van der Waals surface area contributed by atoms with E-state index in [4.69, 9.17) is 5.73 Å². The molecule has 0 fully saturated rings. The van der Waals surface area contributed by atoms with E-state index >= 15 is 0 Å². The number of nitrogens with one attached hydrogen (secondary N) is 1. The molecule has 1 aromatic carbocycles. The van der Waals surface area contributed by atoms with Crippen molar-refractivity contribution in [3.8, 4) is 0 Å². The van der Waals surface area contributed by atoms with Crippen LogP contribution in [0.1, 0.15) is 10.4 Å². The van der Waals surface area contributed by atoms with Gasteiger partial charge in [0.05, 0.1) is 5.69 Å². The van der Waals surface area contributed by atoms with Crippen molar-refractivity contribution in [1.82, 2.24) is 5.32 Å². The highest BCUT2D eigenvalue weighted by molar-refractivity contribution is 8.00. The Morgan fingerprint density at radius 2 is 2.06 bits per heavy atom. The van der Waals surface area contributed by atoms with Crippen LogP contribution in [0.3, 0.4) is 0 Å². The van der Waals surface area contributed by atoms with Gasteiger partial charge >= 0.3 is 5.51 Å². The van der Waals surface area contributed by atoms with Crippen molar-refractivity contribution >= 4 is 23.4 Å². The molecule has 1 aromatic rings. The van der Waals surface area contributed by atoms with E-state index < -0.39 is 17.2 Å². The zero-order valence-corrected chi connectivity index (χ0v) is 9.87. The molecule has 100 valence electrons. The quantitative estimate of drug-likeness (QED) is 0.506. The molecule has 0 heterocycles. The number of hydrogen-bond acceptors (Lipinski definition) is 3. The van der Waals surface area contributed by atoms with E-state index in [0.29, 0.717) is 0 Å².